The van der Waals surface area contributed by atoms with Crippen LogP contribution in [0.25, 0.3) is 0 Å². The van der Waals surface area contributed by atoms with E-state index in [1.165, 1.54) is 14.2 Å². The molecule has 3 N–H and O–H groups in total. The SMILES string of the molecule is CO[C@@H]1OC(C)(C)[C@H](OC)[C@@H](O)C1OC(N)=O. The number of ether oxygens (including phenoxy) is 4. The summed E-state index contributed by atoms with van der Waals surface area (Å²) in [7, 11) is 2.82. The molecule has 0 aromatic heterocycles. The number of rotatable bonds is 3. The van der Waals surface area contributed by atoms with Crippen LogP contribution in [0.3, 0.4) is 0 Å². The monoisotopic (exact) mass is 249 g/mol. The minimum absolute atomic E-state index is 0.654. The maximum Gasteiger partial charge on any atom is 0.405 e. The lowest BCUT2D eigenvalue weighted by Crippen LogP contribution is -2.64. The van der Waals surface area contributed by atoms with Gasteiger partial charge in [0.2, 0.25) is 0 Å². The maximum absolute atomic E-state index is 10.8. The Hall–Kier alpha value is -0.890. The average molecular weight is 249 g/mol. The summed E-state index contributed by atoms with van der Waals surface area (Å²) in [6.45, 7) is 3.49. The van der Waals surface area contributed by atoms with Crippen molar-refractivity contribution in [1.29, 1.82) is 0 Å². The second-order valence-corrected chi connectivity index (χ2v) is 4.37. The van der Waals surface area contributed by atoms with Crippen molar-refractivity contribution in [2.24, 2.45) is 5.73 Å². The smallest absolute Gasteiger partial charge is 0.405 e. The van der Waals surface area contributed by atoms with Gasteiger partial charge >= 0.3 is 6.09 Å². The molecule has 7 heteroatoms. The van der Waals surface area contributed by atoms with E-state index in [9.17, 15) is 9.90 Å². The molecular weight excluding hydrogens is 230 g/mol. The van der Waals surface area contributed by atoms with Crippen molar-refractivity contribution >= 4 is 6.09 Å². The summed E-state index contributed by atoms with van der Waals surface area (Å²) >= 11 is 0. The van der Waals surface area contributed by atoms with Gasteiger partial charge in [0.05, 0.1) is 5.60 Å². The summed E-state index contributed by atoms with van der Waals surface area (Å²) < 4.78 is 20.6. The first-order valence-electron chi connectivity index (χ1n) is 5.21. The predicted octanol–water partition coefficient (Wildman–Crippen LogP) is -0.392. The molecule has 1 saturated heterocycles. The molecule has 100 valence electrons. The summed E-state index contributed by atoms with van der Waals surface area (Å²) in [5, 5.41) is 10.1. The quantitative estimate of drug-likeness (QED) is 0.706. The van der Waals surface area contributed by atoms with Gasteiger partial charge < -0.3 is 29.8 Å². The van der Waals surface area contributed by atoms with E-state index in [0.717, 1.165) is 0 Å². The maximum atomic E-state index is 10.8. The highest BCUT2D eigenvalue weighted by atomic mass is 16.7. The fraction of sp³-hybridized carbons (Fsp3) is 0.900. The largest absolute Gasteiger partial charge is 0.438 e. The first-order valence-corrected chi connectivity index (χ1v) is 5.21. The van der Waals surface area contributed by atoms with E-state index in [1.54, 1.807) is 13.8 Å². The minimum atomic E-state index is -1.08. The molecule has 1 rings (SSSR count). The molecule has 0 saturated carbocycles. The number of methoxy groups -OCH3 is 2. The van der Waals surface area contributed by atoms with Crippen LogP contribution in [-0.4, -0.2) is 55.6 Å². The highest BCUT2D eigenvalue weighted by molar-refractivity contribution is 5.64. The van der Waals surface area contributed by atoms with Crippen molar-refractivity contribution in [2.45, 2.75) is 44.1 Å². The highest BCUT2D eigenvalue weighted by Crippen LogP contribution is 2.32. The number of primary amides is 1. The molecular formula is C10H19NO6. The van der Waals surface area contributed by atoms with Gasteiger partial charge in [0.15, 0.2) is 12.4 Å². The number of nitrogens with two attached hydrogens (primary N) is 1. The van der Waals surface area contributed by atoms with E-state index in [2.05, 4.69) is 0 Å². The van der Waals surface area contributed by atoms with Gasteiger partial charge in [-0.2, -0.15) is 0 Å². The molecule has 1 aliphatic rings. The van der Waals surface area contributed by atoms with Crippen LogP contribution in [0.5, 0.6) is 0 Å². The number of amides is 1. The fourth-order valence-electron chi connectivity index (χ4n) is 2.04. The molecule has 0 aliphatic carbocycles. The molecule has 1 aliphatic heterocycles. The molecule has 0 spiro atoms. The van der Waals surface area contributed by atoms with Gasteiger partial charge in [0.25, 0.3) is 0 Å². The summed E-state index contributed by atoms with van der Waals surface area (Å²) in [4.78, 5) is 10.8. The van der Waals surface area contributed by atoms with Gasteiger partial charge in [-0.15, -0.1) is 0 Å². The topological polar surface area (TPSA) is 100 Å². The molecule has 1 unspecified atom stereocenters. The number of carbonyl (C=O) groups is 1. The lowest BCUT2D eigenvalue weighted by molar-refractivity contribution is -0.319. The van der Waals surface area contributed by atoms with Crippen LogP contribution in [-0.2, 0) is 18.9 Å². The molecule has 0 bridgehead atoms. The van der Waals surface area contributed by atoms with Crippen molar-refractivity contribution in [3.05, 3.63) is 0 Å². The third kappa shape index (κ3) is 2.86. The Bertz CT molecular complexity index is 282. The second-order valence-electron chi connectivity index (χ2n) is 4.37. The van der Waals surface area contributed by atoms with Crippen molar-refractivity contribution in [1.82, 2.24) is 0 Å². The average Bonchev–Trinajstić information content (AvgIpc) is 2.21. The number of hydrogen-bond donors (Lipinski definition) is 2. The molecule has 17 heavy (non-hydrogen) atoms. The van der Waals surface area contributed by atoms with Gasteiger partial charge in [-0.3, -0.25) is 0 Å². The van der Waals surface area contributed by atoms with Gasteiger partial charge in [0.1, 0.15) is 12.2 Å². The van der Waals surface area contributed by atoms with Crippen LogP contribution in [0.2, 0.25) is 0 Å². The number of hydrogen-bond acceptors (Lipinski definition) is 6. The Morgan fingerprint density at radius 3 is 2.35 bits per heavy atom. The Labute approximate surface area is 99.8 Å². The fourth-order valence-corrected chi connectivity index (χ4v) is 2.04. The Kier molecular flexibility index (Phi) is 4.31. The molecule has 0 aromatic carbocycles. The summed E-state index contributed by atoms with van der Waals surface area (Å²) in [5.74, 6) is 0. The Morgan fingerprint density at radius 1 is 1.35 bits per heavy atom. The molecule has 1 heterocycles. The molecule has 1 fully saturated rings. The zero-order valence-electron chi connectivity index (χ0n) is 10.4. The lowest BCUT2D eigenvalue weighted by Gasteiger charge is -2.47. The van der Waals surface area contributed by atoms with Crippen LogP contribution < -0.4 is 5.73 Å². The number of carbonyl (C=O) groups excluding carboxylic acids is 1. The van der Waals surface area contributed by atoms with Gasteiger partial charge in [-0.1, -0.05) is 0 Å². The number of aliphatic hydroxyl groups excluding tert-OH is 1. The first-order chi connectivity index (χ1) is 7.83. The molecule has 1 amide bonds. The van der Waals surface area contributed by atoms with E-state index in [0.29, 0.717) is 0 Å². The van der Waals surface area contributed by atoms with Crippen LogP contribution in [0.1, 0.15) is 13.8 Å². The normalized spacial score (nSPS) is 36.5. The van der Waals surface area contributed by atoms with E-state index >= 15 is 0 Å². The first kappa shape index (κ1) is 14.2. The summed E-state index contributed by atoms with van der Waals surface area (Å²) in [5.41, 5.74) is 4.16. The van der Waals surface area contributed by atoms with Gasteiger partial charge in [-0.25, -0.2) is 4.79 Å². The van der Waals surface area contributed by atoms with E-state index < -0.39 is 36.3 Å². The summed E-state index contributed by atoms with van der Waals surface area (Å²) in [6.07, 6.45) is -4.65. The number of aliphatic hydroxyl groups is 1. The zero-order chi connectivity index (χ0) is 13.2. The van der Waals surface area contributed by atoms with Crippen molar-refractivity contribution in [3.8, 4) is 0 Å². The van der Waals surface area contributed by atoms with Crippen molar-refractivity contribution in [2.75, 3.05) is 14.2 Å². The third-order valence-electron chi connectivity index (χ3n) is 2.76. The van der Waals surface area contributed by atoms with Crippen LogP contribution >= 0.6 is 0 Å². The third-order valence-corrected chi connectivity index (χ3v) is 2.76. The highest BCUT2D eigenvalue weighted by Gasteiger charge is 2.51. The van der Waals surface area contributed by atoms with Crippen LogP contribution in [0, 0.1) is 0 Å². The molecule has 4 atom stereocenters. The van der Waals surface area contributed by atoms with E-state index in [-0.39, 0.29) is 0 Å². The molecule has 0 radical (unpaired) electrons. The second kappa shape index (κ2) is 5.18. The van der Waals surface area contributed by atoms with Crippen molar-refractivity contribution < 1.29 is 28.8 Å². The standard InChI is InChI=1S/C10H19NO6/c1-10(2)7(14-3)5(12)6(16-9(11)13)8(15-4)17-10/h5-8,12H,1-4H3,(H2,11,13)/t5-,6?,7+,8+/m0/s1. The van der Waals surface area contributed by atoms with Gasteiger partial charge in [-0.05, 0) is 13.8 Å². The Balaban J connectivity index is 2.92. The lowest BCUT2D eigenvalue weighted by atomic mass is 9.89. The van der Waals surface area contributed by atoms with E-state index in [1.807, 2.05) is 0 Å². The summed E-state index contributed by atoms with van der Waals surface area (Å²) in [6, 6.07) is 0. The van der Waals surface area contributed by atoms with Crippen LogP contribution in [0.4, 0.5) is 4.79 Å². The van der Waals surface area contributed by atoms with Crippen molar-refractivity contribution in [3.63, 3.8) is 0 Å². The van der Waals surface area contributed by atoms with Gasteiger partial charge in [0, 0.05) is 14.2 Å². The van der Waals surface area contributed by atoms with Crippen LogP contribution in [0.15, 0.2) is 0 Å². The molecule has 7 nitrogen and oxygen atoms in total. The zero-order valence-corrected chi connectivity index (χ0v) is 10.4. The molecule has 0 aromatic rings. The van der Waals surface area contributed by atoms with E-state index in [4.69, 9.17) is 24.7 Å². The minimum Gasteiger partial charge on any atom is -0.438 e. The predicted molar refractivity (Wildman–Crippen MR) is 57.2 cm³/mol. The Morgan fingerprint density at radius 2 is 1.94 bits per heavy atom.